The minimum absolute atomic E-state index is 0.0844. The number of aliphatic hydroxyl groups is 4. The van der Waals surface area contributed by atoms with Crippen molar-refractivity contribution in [3.63, 3.8) is 0 Å². The summed E-state index contributed by atoms with van der Waals surface area (Å²) in [6.45, 7) is 4.23. The van der Waals surface area contributed by atoms with Gasteiger partial charge in [0.25, 0.3) is 0 Å². The molecular weight excluding hydrogens is 384 g/mol. The molecule has 1 saturated carbocycles. The Bertz CT molecular complexity index is 874. The Balaban J connectivity index is 1.67. The Labute approximate surface area is 176 Å². The molecule has 0 spiro atoms. The number of aliphatic hydroxyl groups excluding tert-OH is 4. The topological polar surface area (TPSA) is 99.4 Å². The molecule has 1 saturated heterocycles. The van der Waals surface area contributed by atoms with E-state index in [2.05, 4.69) is 19.1 Å². The smallest absolute Gasteiger partial charge is 0.119 e. The molecule has 6 nitrogen and oxygen atoms in total. The van der Waals surface area contributed by atoms with Crippen molar-refractivity contribution in [3.05, 3.63) is 64.7 Å². The van der Waals surface area contributed by atoms with Gasteiger partial charge in [0.1, 0.15) is 36.3 Å². The van der Waals surface area contributed by atoms with Crippen LogP contribution >= 0.6 is 0 Å². The van der Waals surface area contributed by atoms with Gasteiger partial charge < -0.3 is 29.9 Å². The highest BCUT2D eigenvalue weighted by atomic mass is 16.5. The van der Waals surface area contributed by atoms with Gasteiger partial charge in [-0.25, -0.2) is 0 Å². The second-order valence-corrected chi connectivity index (χ2v) is 8.36. The van der Waals surface area contributed by atoms with Crippen LogP contribution in [0.3, 0.4) is 0 Å². The zero-order valence-corrected chi connectivity index (χ0v) is 17.4. The van der Waals surface area contributed by atoms with Gasteiger partial charge in [0.15, 0.2) is 0 Å². The molecule has 162 valence electrons. The maximum atomic E-state index is 10.5. The number of hydrogen-bond acceptors (Lipinski definition) is 6. The molecule has 1 aliphatic carbocycles. The molecule has 6 heteroatoms. The standard InChI is InChI=1S/C24H30O6/c1-3-29-17-8-6-16(7-9-17)24(10-11-24)18-12-15(5-4-14(18)2)23-22(28)21(27)20(26)19(13-25)30-23/h4-9,12,19-23,25-28H,3,10-11,13H2,1-2H3. The molecule has 4 rings (SSSR count). The van der Waals surface area contributed by atoms with Crippen LogP contribution in [0.4, 0.5) is 0 Å². The molecule has 0 amide bonds. The van der Waals surface area contributed by atoms with Gasteiger partial charge in [0, 0.05) is 5.41 Å². The molecule has 2 fully saturated rings. The molecule has 5 atom stereocenters. The van der Waals surface area contributed by atoms with Crippen molar-refractivity contribution >= 4 is 0 Å². The summed E-state index contributed by atoms with van der Waals surface area (Å²) in [6, 6.07) is 14.1. The van der Waals surface area contributed by atoms with Gasteiger partial charge in [-0.3, -0.25) is 0 Å². The van der Waals surface area contributed by atoms with Crippen molar-refractivity contribution in [1.82, 2.24) is 0 Å². The summed E-state index contributed by atoms with van der Waals surface area (Å²) >= 11 is 0. The molecule has 2 aromatic carbocycles. The van der Waals surface area contributed by atoms with E-state index in [1.54, 1.807) is 0 Å². The van der Waals surface area contributed by atoms with Crippen molar-refractivity contribution < 1.29 is 29.9 Å². The van der Waals surface area contributed by atoms with Gasteiger partial charge in [-0.05, 0) is 61.1 Å². The summed E-state index contributed by atoms with van der Waals surface area (Å²) in [5.41, 5.74) is 4.18. The highest BCUT2D eigenvalue weighted by Crippen LogP contribution is 2.55. The third-order valence-corrected chi connectivity index (χ3v) is 6.47. The van der Waals surface area contributed by atoms with Gasteiger partial charge in [0.2, 0.25) is 0 Å². The van der Waals surface area contributed by atoms with Crippen LogP contribution in [0.5, 0.6) is 5.75 Å². The van der Waals surface area contributed by atoms with Gasteiger partial charge in [0.05, 0.1) is 13.2 Å². The van der Waals surface area contributed by atoms with Gasteiger partial charge in [-0.1, -0.05) is 30.3 Å². The van der Waals surface area contributed by atoms with Crippen molar-refractivity contribution in [2.24, 2.45) is 0 Å². The second-order valence-electron chi connectivity index (χ2n) is 8.36. The van der Waals surface area contributed by atoms with Crippen LogP contribution in [0.1, 0.15) is 48.1 Å². The fraction of sp³-hybridized carbons (Fsp3) is 0.500. The number of aryl methyl sites for hydroxylation is 1. The Morgan fingerprint density at radius 2 is 1.70 bits per heavy atom. The van der Waals surface area contributed by atoms with E-state index in [4.69, 9.17) is 9.47 Å². The molecule has 4 N–H and O–H groups in total. The van der Waals surface area contributed by atoms with E-state index in [0.29, 0.717) is 6.61 Å². The molecule has 0 bridgehead atoms. The molecule has 30 heavy (non-hydrogen) atoms. The quantitative estimate of drug-likeness (QED) is 0.577. The maximum absolute atomic E-state index is 10.5. The summed E-state index contributed by atoms with van der Waals surface area (Å²) in [7, 11) is 0. The lowest BCUT2D eigenvalue weighted by atomic mass is 9.82. The van der Waals surface area contributed by atoms with Crippen LogP contribution in [-0.4, -0.2) is 58.1 Å². The molecule has 2 aliphatic rings. The van der Waals surface area contributed by atoms with E-state index < -0.39 is 37.1 Å². The molecule has 1 aliphatic heterocycles. The third kappa shape index (κ3) is 3.63. The van der Waals surface area contributed by atoms with Gasteiger partial charge in [-0.2, -0.15) is 0 Å². The van der Waals surface area contributed by atoms with Crippen LogP contribution in [0.15, 0.2) is 42.5 Å². The van der Waals surface area contributed by atoms with E-state index >= 15 is 0 Å². The van der Waals surface area contributed by atoms with E-state index in [9.17, 15) is 20.4 Å². The van der Waals surface area contributed by atoms with Gasteiger partial charge >= 0.3 is 0 Å². The van der Waals surface area contributed by atoms with Crippen LogP contribution in [0.25, 0.3) is 0 Å². The summed E-state index contributed by atoms with van der Waals surface area (Å²) in [5.74, 6) is 0.851. The van der Waals surface area contributed by atoms with E-state index in [1.165, 1.54) is 11.1 Å². The van der Waals surface area contributed by atoms with Crippen molar-refractivity contribution in [2.75, 3.05) is 13.2 Å². The zero-order chi connectivity index (χ0) is 21.5. The highest BCUT2D eigenvalue weighted by Gasteiger charge is 2.48. The first-order valence-corrected chi connectivity index (χ1v) is 10.6. The summed E-state index contributed by atoms with van der Waals surface area (Å²) < 4.78 is 11.3. The number of hydrogen-bond donors (Lipinski definition) is 4. The third-order valence-electron chi connectivity index (χ3n) is 6.47. The Morgan fingerprint density at radius 3 is 2.30 bits per heavy atom. The van der Waals surface area contributed by atoms with Crippen molar-refractivity contribution in [1.29, 1.82) is 0 Å². The fourth-order valence-electron chi connectivity index (χ4n) is 4.58. The fourth-order valence-corrected chi connectivity index (χ4v) is 4.58. The monoisotopic (exact) mass is 414 g/mol. The first-order chi connectivity index (χ1) is 14.4. The predicted octanol–water partition coefficient (Wildman–Crippen LogP) is 1.99. The first-order valence-electron chi connectivity index (χ1n) is 10.6. The molecule has 0 aromatic heterocycles. The second kappa shape index (κ2) is 8.29. The lowest BCUT2D eigenvalue weighted by Crippen LogP contribution is -2.55. The molecule has 2 aromatic rings. The lowest BCUT2D eigenvalue weighted by Gasteiger charge is -2.40. The zero-order valence-electron chi connectivity index (χ0n) is 17.4. The van der Waals surface area contributed by atoms with E-state index in [-0.39, 0.29) is 5.41 Å². The van der Waals surface area contributed by atoms with Crippen LogP contribution in [-0.2, 0) is 10.2 Å². The maximum Gasteiger partial charge on any atom is 0.119 e. The predicted molar refractivity (Wildman–Crippen MR) is 112 cm³/mol. The number of benzene rings is 2. The van der Waals surface area contributed by atoms with E-state index in [1.807, 2.05) is 37.3 Å². The summed E-state index contributed by atoms with van der Waals surface area (Å²) in [6.07, 6.45) is -3.70. The molecule has 0 radical (unpaired) electrons. The lowest BCUT2D eigenvalue weighted by molar-refractivity contribution is -0.231. The van der Waals surface area contributed by atoms with Gasteiger partial charge in [-0.15, -0.1) is 0 Å². The molecule has 1 heterocycles. The largest absolute Gasteiger partial charge is 0.494 e. The van der Waals surface area contributed by atoms with E-state index in [0.717, 1.165) is 29.7 Å². The van der Waals surface area contributed by atoms with Crippen LogP contribution in [0.2, 0.25) is 0 Å². The number of ether oxygens (including phenoxy) is 2. The average molecular weight is 414 g/mol. The molecular formula is C24H30O6. The minimum atomic E-state index is -1.38. The SMILES string of the molecule is CCOc1ccc(C2(c3cc(C4OC(CO)C(O)C(O)C4O)ccc3C)CC2)cc1. The summed E-state index contributed by atoms with van der Waals surface area (Å²) in [5, 5.41) is 40.2. The van der Waals surface area contributed by atoms with Crippen molar-refractivity contribution in [2.45, 2.75) is 62.6 Å². The van der Waals surface area contributed by atoms with Crippen LogP contribution < -0.4 is 4.74 Å². The Morgan fingerprint density at radius 1 is 1.00 bits per heavy atom. The Kier molecular flexibility index (Phi) is 5.88. The van der Waals surface area contributed by atoms with Crippen molar-refractivity contribution in [3.8, 4) is 5.75 Å². The highest BCUT2D eigenvalue weighted by molar-refractivity contribution is 5.51. The van der Waals surface area contributed by atoms with Crippen LogP contribution in [0, 0.1) is 6.92 Å². The normalized spacial score (nSPS) is 30.1. The molecule has 5 unspecified atom stereocenters. The number of rotatable bonds is 6. The Hall–Kier alpha value is -1.96. The minimum Gasteiger partial charge on any atom is -0.494 e. The summed E-state index contributed by atoms with van der Waals surface area (Å²) in [4.78, 5) is 0. The first kappa shape index (κ1) is 21.3. The average Bonchev–Trinajstić information content (AvgIpc) is 3.55.